The number of rotatable bonds is 8. The van der Waals surface area contributed by atoms with Crippen LogP contribution in [0.15, 0.2) is 24.3 Å². The van der Waals surface area contributed by atoms with Crippen LogP contribution < -0.4 is 5.32 Å². The summed E-state index contributed by atoms with van der Waals surface area (Å²) in [5.41, 5.74) is 1.23. The zero-order valence-corrected chi connectivity index (χ0v) is 11.4. The summed E-state index contributed by atoms with van der Waals surface area (Å²) >= 11 is 0. The minimum atomic E-state index is 0.0228. The number of aliphatic hydroxyl groups excluding tert-OH is 1. The predicted octanol–water partition coefficient (Wildman–Crippen LogP) is 2.32. The Balaban J connectivity index is 2.31. The molecule has 0 atom stereocenters. The molecular weight excluding hydrogens is 226 g/mol. The van der Waals surface area contributed by atoms with Crippen molar-refractivity contribution < 1.29 is 10.2 Å². The van der Waals surface area contributed by atoms with E-state index in [2.05, 4.69) is 19.2 Å². The molecule has 0 bridgehead atoms. The first kappa shape index (κ1) is 15.0. The van der Waals surface area contributed by atoms with Crippen molar-refractivity contribution in [2.45, 2.75) is 33.1 Å². The Bertz CT molecular complexity index is 323. The number of phenols is 1. The van der Waals surface area contributed by atoms with Gasteiger partial charge in [-0.3, -0.25) is 0 Å². The molecule has 0 heterocycles. The first-order chi connectivity index (χ1) is 8.65. The van der Waals surface area contributed by atoms with E-state index in [1.54, 1.807) is 12.1 Å². The van der Waals surface area contributed by atoms with E-state index in [4.69, 9.17) is 0 Å². The molecule has 0 fully saturated rings. The molecule has 0 aromatic heterocycles. The normalized spacial score (nSPS) is 11.7. The molecule has 0 unspecified atom stereocenters. The fourth-order valence-electron chi connectivity index (χ4n) is 2.03. The second kappa shape index (κ2) is 7.39. The van der Waals surface area contributed by atoms with Crippen molar-refractivity contribution in [3.05, 3.63) is 29.8 Å². The van der Waals surface area contributed by atoms with Gasteiger partial charge in [0.05, 0.1) is 0 Å². The lowest BCUT2D eigenvalue weighted by atomic mass is 9.83. The molecule has 0 spiro atoms. The molecule has 0 saturated carbocycles. The maximum Gasteiger partial charge on any atom is 0.115 e. The van der Waals surface area contributed by atoms with Crippen LogP contribution in [0.1, 0.15) is 32.3 Å². The molecular formula is C15H25NO2. The van der Waals surface area contributed by atoms with Gasteiger partial charge in [0.1, 0.15) is 5.75 Å². The summed E-state index contributed by atoms with van der Waals surface area (Å²) in [7, 11) is 0. The molecule has 1 aromatic rings. The lowest BCUT2D eigenvalue weighted by molar-refractivity contribution is 0.113. The molecule has 102 valence electrons. The summed E-state index contributed by atoms with van der Waals surface area (Å²) in [6.07, 6.45) is 2.92. The first-order valence-electron chi connectivity index (χ1n) is 6.75. The average molecular weight is 251 g/mol. The molecule has 0 aliphatic heterocycles. The quantitative estimate of drug-likeness (QED) is 0.622. The largest absolute Gasteiger partial charge is 0.508 e. The number of benzene rings is 1. The predicted molar refractivity (Wildman–Crippen MR) is 74.8 cm³/mol. The number of hydrogen-bond donors (Lipinski definition) is 3. The van der Waals surface area contributed by atoms with E-state index in [9.17, 15) is 10.2 Å². The molecule has 0 amide bonds. The van der Waals surface area contributed by atoms with Gasteiger partial charge in [-0.1, -0.05) is 26.0 Å². The van der Waals surface area contributed by atoms with Crippen LogP contribution in [0.5, 0.6) is 5.75 Å². The van der Waals surface area contributed by atoms with Gasteiger partial charge in [-0.2, -0.15) is 0 Å². The van der Waals surface area contributed by atoms with Crippen molar-refractivity contribution >= 4 is 0 Å². The van der Waals surface area contributed by atoms with Crippen molar-refractivity contribution in [3.63, 3.8) is 0 Å². The van der Waals surface area contributed by atoms with Gasteiger partial charge >= 0.3 is 0 Å². The summed E-state index contributed by atoms with van der Waals surface area (Å²) in [5.74, 6) is 0.308. The lowest BCUT2D eigenvalue weighted by Crippen LogP contribution is -2.37. The number of hydrogen-bond acceptors (Lipinski definition) is 3. The molecule has 3 heteroatoms. The Morgan fingerprint density at radius 2 is 1.72 bits per heavy atom. The van der Waals surface area contributed by atoms with Crippen molar-refractivity contribution in [2.75, 3.05) is 19.7 Å². The van der Waals surface area contributed by atoms with Gasteiger partial charge in [-0.05, 0) is 43.5 Å². The van der Waals surface area contributed by atoms with Crippen molar-refractivity contribution in [1.82, 2.24) is 5.32 Å². The first-order valence-corrected chi connectivity index (χ1v) is 6.75. The Morgan fingerprint density at radius 1 is 1.11 bits per heavy atom. The van der Waals surface area contributed by atoms with Crippen molar-refractivity contribution in [3.8, 4) is 5.75 Å². The van der Waals surface area contributed by atoms with E-state index in [1.807, 2.05) is 12.1 Å². The van der Waals surface area contributed by atoms with Crippen LogP contribution in [0.2, 0.25) is 0 Å². The summed E-state index contributed by atoms with van der Waals surface area (Å²) in [6, 6.07) is 7.31. The number of phenolic OH excluding ortho intramolecular Hbond substituents is 1. The Morgan fingerprint density at radius 3 is 2.22 bits per heavy atom. The molecule has 0 radical (unpaired) electrons. The second-order valence-electron chi connectivity index (χ2n) is 4.96. The van der Waals surface area contributed by atoms with Gasteiger partial charge in [-0.25, -0.2) is 0 Å². The number of nitrogens with one attached hydrogen (secondary N) is 1. The molecule has 1 aromatic carbocycles. The Kier molecular flexibility index (Phi) is 6.16. The smallest absolute Gasteiger partial charge is 0.115 e. The Labute approximate surface area is 110 Å². The molecule has 18 heavy (non-hydrogen) atoms. The molecule has 0 saturated heterocycles. The standard InChI is InChI=1S/C15H25NO2/c1-3-15(4-2,12-17)11-16-10-9-13-5-7-14(18)8-6-13/h5-8,16-18H,3-4,9-12H2,1-2H3. The summed E-state index contributed by atoms with van der Waals surface area (Å²) in [6.45, 7) is 6.25. The van der Waals surface area contributed by atoms with Crippen LogP contribution in [-0.4, -0.2) is 29.9 Å². The van der Waals surface area contributed by atoms with Crippen LogP contribution in [-0.2, 0) is 6.42 Å². The highest BCUT2D eigenvalue weighted by Gasteiger charge is 2.24. The van der Waals surface area contributed by atoms with E-state index in [0.717, 1.165) is 32.4 Å². The third-order valence-electron chi connectivity index (χ3n) is 3.86. The highest BCUT2D eigenvalue weighted by Crippen LogP contribution is 2.24. The molecule has 0 aliphatic rings. The number of aliphatic hydroxyl groups is 1. The molecule has 3 N–H and O–H groups in total. The lowest BCUT2D eigenvalue weighted by Gasteiger charge is -2.29. The van der Waals surface area contributed by atoms with Gasteiger partial charge < -0.3 is 15.5 Å². The monoisotopic (exact) mass is 251 g/mol. The highest BCUT2D eigenvalue weighted by atomic mass is 16.3. The molecule has 3 nitrogen and oxygen atoms in total. The Hall–Kier alpha value is -1.06. The molecule has 1 rings (SSSR count). The van der Waals surface area contributed by atoms with Gasteiger partial charge in [0.2, 0.25) is 0 Å². The van der Waals surface area contributed by atoms with Crippen molar-refractivity contribution in [1.29, 1.82) is 0 Å². The minimum absolute atomic E-state index is 0.0228. The molecule has 0 aliphatic carbocycles. The van der Waals surface area contributed by atoms with E-state index in [0.29, 0.717) is 5.75 Å². The topological polar surface area (TPSA) is 52.5 Å². The minimum Gasteiger partial charge on any atom is -0.508 e. The fraction of sp³-hybridized carbons (Fsp3) is 0.600. The van der Waals surface area contributed by atoms with Crippen LogP contribution in [0.3, 0.4) is 0 Å². The van der Waals surface area contributed by atoms with E-state index >= 15 is 0 Å². The van der Waals surface area contributed by atoms with Gasteiger partial charge in [0.25, 0.3) is 0 Å². The van der Waals surface area contributed by atoms with Crippen LogP contribution in [0.4, 0.5) is 0 Å². The second-order valence-corrected chi connectivity index (χ2v) is 4.96. The zero-order chi connectivity index (χ0) is 13.4. The highest BCUT2D eigenvalue weighted by molar-refractivity contribution is 5.25. The van der Waals surface area contributed by atoms with E-state index in [1.165, 1.54) is 5.56 Å². The zero-order valence-electron chi connectivity index (χ0n) is 11.4. The SMILES string of the molecule is CCC(CC)(CO)CNCCc1ccc(O)cc1. The summed E-state index contributed by atoms with van der Waals surface area (Å²) < 4.78 is 0. The van der Waals surface area contributed by atoms with E-state index < -0.39 is 0 Å². The third kappa shape index (κ3) is 4.31. The van der Waals surface area contributed by atoms with Crippen LogP contribution in [0, 0.1) is 5.41 Å². The van der Waals surface area contributed by atoms with Crippen LogP contribution >= 0.6 is 0 Å². The third-order valence-corrected chi connectivity index (χ3v) is 3.86. The fourth-order valence-corrected chi connectivity index (χ4v) is 2.03. The van der Waals surface area contributed by atoms with Gasteiger partial charge in [-0.15, -0.1) is 0 Å². The average Bonchev–Trinajstić information content (AvgIpc) is 2.42. The number of aromatic hydroxyl groups is 1. The maximum absolute atomic E-state index is 9.46. The van der Waals surface area contributed by atoms with Gasteiger partial charge in [0.15, 0.2) is 0 Å². The van der Waals surface area contributed by atoms with E-state index in [-0.39, 0.29) is 12.0 Å². The summed E-state index contributed by atoms with van der Waals surface area (Å²) in [4.78, 5) is 0. The van der Waals surface area contributed by atoms with Crippen LogP contribution in [0.25, 0.3) is 0 Å². The summed E-state index contributed by atoms with van der Waals surface area (Å²) in [5, 5.41) is 22.1. The maximum atomic E-state index is 9.46. The van der Waals surface area contributed by atoms with Crippen molar-refractivity contribution in [2.24, 2.45) is 5.41 Å². The van der Waals surface area contributed by atoms with Gasteiger partial charge in [0, 0.05) is 18.6 Å².